The molecule has 0 radical (unpaired) electrons. The maximum Gasteiger partial charge on any atom is 0.276 e. The van der Waals surface area contributed by atoms with E-state index >= 15 is 0 Å². The molecule has 1 heterocycles. The number of sulfonamides is 1. The molecule has 0 aliphatic carbocycles. The highest BCUT2D eigenvalue weighted by atomic mass is 32.2. The fourth-order valence-electron chi connectivity index (χ4n) is 1.34. The molecule has 1 N–H and O–H groups in total. The molecule has 0 unspecified atom stereocenters. The molecule has 0 bridgehead atoms. The Labute approximate surface area is 113 Å². The third kappa shape index (κ3) is 3.20. The van der Waals surface area contributed by atoms with Crippen molar-refractivity contribution in [2.75, 3.05) is 0 Å². The fourth-order valence-corrected chi connectivity index (χ4v) is 2.17. The number of non-ortho nitro benzene ring substituents is 1. The van der Waals surface area contributed by atoms with Crippen LogP contribution in [0.1, 0.15) is 5.76 Å². The largest absolute Gasteiger partial charge is 0.463 e. The molecular weight excluding hydrogens is 286 g/mol. The Morgan fingerprint density at radius 2 is 2.10 bits per heavy atom. The van der Waals surface area contributed by atoms with E-state index in [1.54, 1.807) is 12.1 Å². The van der Waals surface area contributed by atoms with Crippen LogP contribution < -0.4 is 4.83 Å². The third-order valence-electron chi connectivity index (χ3n) is 2.25. The lowest BCUT2D eigenvalue weighted by Crippen LogP contribution is -2.18. The van der Waals surface area contributed by atoms with Crippen LogP contribution in [0.2, 0.25) is 0 Å². The highest BCUT2D eigenvalue weighted by molar-refractivity contribution is 7.89. The summed E-state index contributed by atoms with van der Waals surface area (Å²) in [5.41, 5.74) is -0.317. The second-order valence-corrected chi connectivity index (χ2v) is 5.28. The second-order valence-electron chi connectivity index (χ2n) is 3.62. The van der Waals surface area contributed by atoms with Gasteiger partial charge in [0.05, 0.1) is 22.3 Å². The van der Waals surface area contributed by atoms with Crippen molar-refractivity contribution in [1.29, 1.82) is 0 Å². The van der Waals surface area contributed by atoms with Crippen molar-refractivity contribution in [3.05, 3.63) is 58.5 Å². The summed E-state index contributed by atoms with van der Waals surface area (Å²) < 4.78 is 28.6. The SMILES string of the molecule is O=[N+]([O-])c1cccc(S(=O)(=O)N/N=C/c2ccco2)c1. The van der Waals surface area contributed by atoms with Crippen LogP contribution in [0.15, 0.2) is 57.1 Å². The van der Waals surface area contributed by atoms with Crippen molar-refractivity contribution in [1.82, 2.24) is 4.83 Å². The van der Waals surface area contributed by atoms with E-state index < -0.39 is 14.9 Å². The molecule has 2 rings (SSSR count). The molecule has 104 valence electrons. The summed E-state index contributed by atoms with van der Waals surface area (Å²) in [6.45, 7) is 0. The predicted octanol–water partition coefficient (Wildman–Crippen LogP) is 1.50. The van der Waals surface area contributed by atoms with Crippen LogP contribution >= 0.6 is 0 Å². The number of rotatable bonds is 5. The van der Waals surface area contributed by atoms with Crippen LogP contribution in [-0.2, 0) is 10.0 Å². The Balaban J connectivity index is 2.18. The summed E-state index contributed by atoms with van der Waals surface area (Å²) >= 11 is 0. The lowest BCUT2D eigenvalue weighted by molar-refractivity contribution is -0.385. The number of hydrogen-bond donors (Lipinski definition) is 1. The molecule has 0 fully saturated rings. The zero-order valence-electron chi connectivity index (χ0n) is 9.96. The summed E-state index contributed by atoms with van der Waals surface area (Å²) in [7, 11) is -3.96. The number of nitrogens with one attached hydrogen (secondary N) is 1. The lowest BCUT2D eigenvalue weighted by atomic mass is 10.3. The first kappa shape index (κ1) is 13.7. The molecular formula is C11H9N3O5S. The maximum absolute atomic E-state index is 11.9. The molecule has 0 saturated heterocycles. The van der Waals surface area contributed by atoms with Crippen LogP contribution in [0, 0.1) is 10.1 Å². The molecule has 8 nitrogen and oxygen atoms in total. The molecule has 20 heavy (non-hydrogen) atoms. The van der Waals surface area contributed by atoms with Gasteiger partial charge in [-0.15, -0.1) is 0 Å². The number of hydrogen-bond acceptors (Lipinski definition) is 6. The maximum atomic E-state index is 11.9. The molecule has 9 heteroatoms. The minimum Gasteiger partial charge on any atom is -0.463 e. The number of nitro groups is 1. The quantitative estimate of drug-likeness (QED) is 0.510. The molecule has 0 amide bonds. The minimum absolute atomic E-state index is 0.247. The number of benzene rings is 1. The Morgan fingerprint density at radius 3 is 2.75 bits per heavy atom. The number of nitrogens with zero attached hydrogens (tertiary/aromatic N) is 2. The molecule has 0 saturated carbocycles. The average Bonchev–Trinajstić information content (AvgIpc) is 2.92. The molecule has 1 aromatic carbocycles. The first-order chi connectivity index (χ1) is 9.49. The van der Waals surface area contributed by atoms with Crippen molar-refractivity contribution < 1.29 is 17.8 Å². The Bertz CT molecular complexity index is 737. The monoisotopic (exact) mass is 295 g/mol. The van der Waals surface area contributed by atoms with Crippen LogP contribution in [0.3, 0.4) is 0 Å². The van der Waals surface area contributed by atoms with Gasteiger partial charge in [0.1, 0.15) is 5.76 Å². The highest BCUT2D eigenvalue weighted by Crippen LogP contribution is 2.16. The lowest BCUT2D eigenvalue weighted by Gasteiger charge is -2.02. The standard InChI is InChI=1S/C11H9N3O5S/c15-14(16)9-3-1-5-11(7-9)20(17,18)13-12-8-10-4-2-6-19-10/h1-8,13H/b12-8+. The third-order valence-corrected chi connectivity index (χ3v) is 3.47. The van der Waals surface area contributed by atoms with E-state index in [2.05, 4.69) is 5.10 Å². The second kappa shape index (κ2) is 5.53. The summed E-state index contributed by atoms with van der Waals surface area (Å²) in [4.78, 5) is 11.6. The van der Waals surface area contributed by atoms with Crippen LogP contribution in [0.4, 0.5) is 5.69 Å². The van der Waals surface area contributed by atoms with Gasteiger partial charge >= 0.3 is 0 Å². The number of hydrazone groups is 1. The fraction of sp³-hybridized carbons (Fsp3) is 0. The molecule has 0 spiro atoms. The van der Waals surface area contributed by atoms with Crippen molar-refractivity contribution in [3.63, 3.8) is 0 Å². The molecule has 0 aliphatic rings. The van der Waals surface area contributed by atoms with Gasteiger partial charge in [-0.1, -0.05) is 6.07 Å². The van der Waals surface area contributed by atoms with Crippen LogP contribution in [-0.4, -0.2) is 19.6 Å². The van der Waals surface area contributed by atoms with Crippen molar-refractivity contribution >= 4 is 21.9 Å². The van der Waals surface area contributed by atoms with Gasteiger partial charge in [-0.3, -0.25) is 10.1 Å². The van der Waals surface area contributed by atoms with Gasteiger partial charge in [-0.25, -0.2) is 0 Å². The molecule has 0 aliphatic heterocycles. The highest BCUT2D eigenvalue weighted by Gasteiger charge is 2.16. The number of furan rings is 1. The van der Waals surface area contributed by atoms with Gasteiger partial charge < -0.3 is 4.42 Å². The Hall–Kier alpha value is -2.68. The molecule has 1 aromatic heterocycles. The normalized spacial score (nSPS) is 11.6. The zero-order chi connectivity index (χ0) is 14.6. The van der Waals surface area contributed by atoms with Crippen LogP contribution in [0.25, 0.3) is 0 Å². The van der Waals surface area contributed by atoms with Gasteiger partial charge in [0, 0.05) is 12.1 Å². The van der Waals surface area contributed by atoms with Gasteiger partial charge in [0.2, 0.25) is 0 Å². The minimum atomic E-state index is -3.96. The predicted molar refractivity (Wildman–Crippen MR) is 69.7 cm³/mol. The van der Waals surface area contributed by atoms with E-state index in [-0.39, 0.29) is 10.6 Å². The van der Waals surface area contributed by atoms with Gasteiger partial charge in [0.25, 0.3) is 15.7 Å². The van der Waals surface area contributed by atoms with Crippen molar-refractivity contribution in [3.8, 4) is 0 Å². The van der Waals surface area contributed by atoms with E-state index in [0.29, 0.717) is 5.76 Å². The summed E-state index contributed by atoms with van der Waals surface area (Å²) in [6.07, 6.45) is 2.59. The van der Waals surface area contributed by atoms with Crippen LogP contribution in [0.5, 0.6) is 0 Å². The molecule has 2 aromatic rings. The van der Waals surface area contributed by atoms with E-state index in [0.717, 1.165) is 6.07 Å². The summed E-state index contributed by atoms with van der Waals surface area (Å²) in [6, 6.07) is 7.87. The summed E-state index contributed by atoms with van der Waals surface area (Å²) in [5.74, 6) is 0.367. The van der Waals surface area contributed by atoms with E-state index in [4.69, 9.17) is 4.42 Å². The van der Waals surface area contributed by atoms with Crippen molar-refractivity contribution in [2.24, 2.45) is 5.10 Å². The Morgan fingerprint density at radius 1 is 1.30 bits per heavy atom. The van der Waals surface area contributed by atoms with Gasteiger partial charge in [-0.2, -0.15) is 18.4 Å². The van der Waals surface area contributed by atoms with Gasteiger partial charge in [-0.05, 0) is 18.2 Å². The van der Waals surface area contributed by atoms with E-state index in [9.17, 15) is 18.5 Å². The topological polar surface area (TPSA) is 115 Å². The van der Waals surface area contributed by atoms with E-state index in [1.165, 1.54) is 30.7 Å². The number of nitro benzene ring substituents is 1. The van der Waals surface area contributed by atoms with Gasteiger partial charge in [0.15, 0.2) is 0 Å². The first-order valence-corrected chi connectivity index (χ1v) is 6.80. The average molecular weight is 295 g/mol. The van der Waals surface area contributed by atoms with Crippen molar-refractivity contribution in [2.45, 2.75) is 4.90 Å². The molecule has 0 atom stereocenters. The zero-order valence-corrected chi connectivity index (χ0v) is 10.8. The smallest absolute Gasteiger partial charge is 0.276 e. The van der Waals surface area contributed by atoms with E-state index in [1.807, 2.05) is 4.83 Å². The summed E-state index contributed by atoms with van der Waals surface area (Å²) in [5, 5.41) is 14.1. The first-order valence-electron chi connectivity index (χ1n) is 5.32. The Kier molecular flexibility index (Phi) is 3.80.